The number of esters is 1. The second kappa shape index (κ2) is 7.05. The molecule has 0 aromatic heterocycles. The van der Waals surface area contributed by atoms with Gasteiger partial charge in [0.15, 0.2) is 6.29 Å². The summed E-state index contributed by atoms with van der Waals surface area (Å²) in [6.07, 6.45) is 0.463. The van der Waals surface area contributed by atoms with Crippen LogP contribution in [0.2, 0.25) is 0 Å². The second-order valence-corrected chi connectivity index (χ2v) is 2.46. The maximum absolute atomic E-state index is 10.7. The summed E-state index contributed by atoms with van der Waals surface area (Å²) in [6, 6.07) is 0. The number of rotatable bonds is 6. The number of aliphatic hydroxyl groups is 2. The molecule has 6 heteroatoms. The Labute approximate surface area is 80.4 Å². The summed E-state index contributed by atoms with van der Waals surface area (Å²) in [6.45, 7) is 0.0282. The third-order valence-electron chi connectivity index (χ3n) is 1.21. The van der Waals surface area contributed by atoms with Crippen LogP contribution in [0.4, 0.5) is 0 Å². The Hall–Kier alpha value is -1.40. The van der Waals surface area contributed by atoms with Crippen molar-refractivity contribution >= 4 is 11.9 Å². The average molecular weight is 204 g/mol. The first kappa shape index (κ1) is 12.6. The molecule has 0 aromatic carbocycles. The van der Waals surface area contributed by atoms with E-state index in [-0.39, 0.29) is 13.0 Å². The molecule has 0 saturated heterocycles. The van der Waals surface area contributed by atoms with E-state index >= 15 is 0 Å². The summed E-state index contributed by atoms with van der Waals surface area (Å²) < 4.78 is 4.53. The van der Waals surface area contributed by atoms with Gasteiger partial charge in [-0.15, -0.1) is 0 Å². The van der Waals surface area contributed by atoms with Crippen molar-refractivity contribution in [3.63, 3.8) is 0 Å². The van der Waals surface area contributed by atoms with Crippen LogP contribution < -0.4 is 0 Å². The normalized spacial score (nSPS) is 10.8. The molecule has 80 valence electrons. The molecule has 0 rings (SSSR count). The van der Waals surface area contributed by atoms with Gasteiger partial charge in [-0.1, -0.05) is 0 Å². The molecule has 0 aliphatic heterocycles. The highest BCUT2D eigenvalue weighted by atomic mass is 16.5. The predicted octanol–water partition coefficient (Wildman–Crippen LogP) is -0.739. The van der Waals surface area contributed by atoms with Gasteiger partial charge in [0.05, 0.1) is 6.61 Å². The van der Waals surface area contributed by atoms with Crippen molar-refractivity contribution in [2.75, 3.05) is 6.61 Å². The van der Waals surface area contributed by atoms with Gasteiger partial charge < -0.3 is 20.1 Å². The summed E-state index contributed by atoms with van der Waals surface area (Å²) in [4.78, 5) is 20.7. The van der Waals surface area contributed by atoms with Crippen molar-refractivity contribution in [3.8, 4) is 0 Å². The summed E-state index contributed by atoms with van der Waals surface area (Å²) in [5.74, 6) is -1.99. The Kier molecular flexibility index (Phi) is 6.34. The third-order valence-corrected chi connectivity index (χ3v) is 1.21. The van der Waals surface area contributed by atoms with E-state index in [9.17, 15) is 9.59 Å². The van der Waals surface area contributed by atoms with Crippen LogP contribution in [0.5, 0.6) is 0 Å². The van der Waals surface area contributed by atoms with Crippen molar-refractivity contribution in [3.05, 3.63) is 12.2 Å². The zero-order chi connectivity index (χ0) is 11.0. The summed E-state index contributed by atoms with van der Waals surface area (Å²) >= 11 is 0. The highest BCUT2D eigenvalue weighted by molar-refractivity contribution is 5.90. The number of ether oxygens (including phenoxy) is 1. The van der Waals surface area contributed by atoms with Gasteiger partial charge in [0.1, 0.15) is 0 Å². The third kappa shape index (κ3) is 8.69. The summed E-state index contributed by atoms with van der Waals surface area (Å²) in [5.41, 5.74) is 0. The van der Waals surface area contributed by atoms with E-state index < -0.39 is 18.2 Å². The highest BCUT2D eigenvalue weighted by Gasteiger charge is 2.00. The zero-order valence-corrected chi connectivity index (χ0v) is 7.42. The van der Waals surface area contributed by atoms with Crippen molar-refractivity contribution in [2.45, 2.75) is 19.1 Å². The lowest BCUT2D eigenvalue weighted by atomic mass is 10.3. The molecule has 0 saturated carbocycles. The first-order chi connectivity index (χ1) is 6.52. The van der Waals surface area contributed by atoms with Gasteiger partial charge in [-0.05, 0) is 6.42 Å². The van der Waals surface area contributed by atoms with Crippen molar-refractivity contribution < 1.29 is 29.6 Å². The molecule has 3 N–H and O–H groups in total. The molecule has 6 nitrogen and oxygen atoms in total. The number of hydrogen-bond acceptors (Lipinski definition) is 5. The quantitative estimate of drug-likeness (QED) is 0.228. The minimum Gasteiger partial charge on any atom is -0.478 e. The molecular formula is C8H12O6. The molecule has 0 atom stereocenters. The van der Waals surface area contributed by atoms with Crippen LogP contribution in [0, 0.1) is 0 Å². The Bertz CT molecular complexity index is 220. The van der Waals surface area contributed by atoms with Crippen LogP contribution in [0.25, 0.3) is 0 Å². The number of aliphatic hydroxyl groups excluding tert-OH is 1. The van der Waals surface area contributed by atoms with E-state index in [2.05, 4.69) is 4.74 Å². The number of carbonyl (C=O) groups is 2. The Balaban J connectivity index is 3.50. The molecule has 0 amide bonds. The molecule has 0 unspecified atom stereocenters. The van der Waals surface area contributed by atoms with Crippen LogP contribution in [0.1, 0.15) is 12.8 Å². The highest BCUT2D eigenvalue weighted by Crippen LogP contribution is 1.94. The van der Waals surface area contributed by atoms with E-state index in [0.29, 0.717) is 12.5 Å². The van der Waals surface area contributed by atoms with E-state index in [4.69, 9.17) is 15.3 Å². The SMILES string of the molecule is O=C(O)/C=C/C(=O)OCCCC(O)O. The van der Waals surface area contributed by atoms with Gasteiger partial charge in [-0.3, -0.25) is 0 Å². The van der Waals surface area contributed by atoms with Crippen molar-refractivity contribution in [2.24, 2.45) is 0 Å². The van der Waals surface area contributed by atoms with Gasteiger partial charge in [-0.25, -0.2) is 9.59 Å². The van der Waals surface area contributed by atoms with Crippen LogP contribution in [0.15, 0.2) is 12.2 Å². The number of aliphatic carboxylic acids is 1. The first-order valence-corrected chi connectivity index (χ1v) is 3.96. The molecule has 14 heavy (non-hydrogen) atoms. The smallest absolute Gasteiger partial charge is 0.331 e. The minimum atomic E-state index is -1.41. The Morgan fingerprint density at radius 1 is 1.29 bits per heavy atom. The number of carboxylic acid groups (broad SMARTS) is 1. The standard InChI is InChI=1S/C8H12O6/c9-6(10)2-1-5-14-8(13)4-3-7(11)12/h3-4,6,9-10H,1-2,5H2,(H,11,12)/b4-3+. The van der Waals surface area contributed by atoms with Crippen molar-refractivity contribution in [1.29, 1.82) is 0 Å². The van der Waals surface area contributed by atoms with Gasteiger partial charge in [0.2, 0.25) is 0 Å². The van der Waals surface area contributed by atoms with E-state index in [1.807, 2.05) is 0 Å². The maximum Gasteiger partial charge on any atom is 0.331 e. The topological polar surface area (TPSA) is 104 Å². The van der Waals surface area contributed by atoms with E-state index in [1.54, 1.807) is 0 Å². The summed E-state index contributed by atoms with van der Waals surface area (Å²) in [5, 5.41) is 25.0. The fourth-order valence-corrected chi connectivity index (χ4v) is 0.626. The molecule has 0 aliphatic carbocycles. The van der Waals surface area contributed by atoms with Crippen LogP contribution in [-0.2, 0) is 14.3 Å². The number of hydrogen-bond donors (Lipinski definition) is 3. The largest absolute Gasteiger partial charge is 0.478 e. The fraction of sp³-hybridized carbons (Fsp3) is 0.500. The summed E-state index contributed by atoms with van der Waals surface area (Å²) in [7, 11) is 0. The van der Waals surface area contributed by atoms with Gasteiger partial charge in [-0.2, -0.15) is 0 Å². The predicted molar refractivity (Wildman–Crippen MR) is 45.2 cm³/mol. The van der Waals surface area contributed by atoms with Crippen LogP contribution in [0.3, 0.4) is 0 Å². The number of carbonyl (C=O) groups excluding carboxylic acids is 1. The zero-order valence-electron chi connectivity index (χ0n) is 7.42. The van der Waals surface area contributed by atoms with Crippen LogP contribution in [-0.4, -0.2) is 40.2 Å². The second-order valence-electron chi connectivity index (χ2n) is 2.46. The minimum absolute atomic E-state index is 0.0282. The lowest BCUT2D eigenvalue weighted by Gasteiger charge is -2.02. The molecule has 0 fully saturated rings. The molecule has 0 aliphatic rings. The molecule has 0 spiro atoms. The van der Waals surface area contributed by atoms with Gasteiger partial charge in [0.25, 0.3) is 0 Å². The lowest BCUT2D eigenvalue weighted by Crippen LogP contribution is -2.08. The Morgan fingerprint density at radius 2 is 1.93 bits per heavy atom. The number of carboxylic acids is 1. The molecule has 0 heterocycles. The molecule has 0 bridgehead atoms. The van der Waals surface area contributed by atoms with Crippen LogP contribution >= 0.6 is 0 Å². The molecule has 0 aromatic rings. The van der Waals surface area contributed by atoms with Gasteiger partial charge in [0, 0.05) is 18.6 Å². The maximum atomic E-state index is 10.7. The first-order valence-electron chi connectivity index (χ1n) is 3.96. The average Bonchev–Trinajstić information content (AvgIpc) is 2.08. The monoisotopic (exact) mass is 204 g/mol. The molecular weight excluding hydrogens is 192 g/mol. The Morgan fingerprint density at radius 3 is 2.43 bits per heavy atom. The van der Waals surface area contributed by atoms with E-state index in [0.717, 1.165) is 6.08 Å². The van der Waals surface area contributed by atoms with E-state index in [1.165, 1.54) is 0 Å². The lowest BCUT2D eigenvalue weighted by molar-refractivity contribution is -0.139. The molecule has 0 radical (unpaired) electrons. The van der Waals surface area contributed by atoms with Gasteiger partial charge >= 0.3 is 11.9 Å². The fourth-order valence-electron chi connectivity index (χ4n) is 0.626. The van der Waals surface area contributed by atoms with Crippen molar-refractivity contribution in [1.82, 2.24) is 0 Å².